The molecule has 0 unspecified atom stereocenters. The van der Waals surface area contributed by atoms with Gasteiger partial charge in [-0.3, -0.25) is 0 Å². The van der Waals surface area contributed by atoms with Crippen molar-refractivity contribution in [2.45, 2.75) is 46.5 Å². The molecule has 92 valence electrons. The second-order valence-corrected chi connectivity index (χ2v) is 7.18. The quantitative estimate of drug-likeness (QED) is 0.346. The van der Waals surface area contributed by atoms with Crippen LogP contribution in [0.3, 0.4) is 0 Å². The number of unbranched alkanes of at least 4 members (excludes halogenated alkanes) is 1. The summed E-state index contributed by atoms with van der Waals surface area (Å²) in [5.41, 5.74) is 2.52. The molecule has 0 N–H and O–H groups in total. The molecule has 16 heavy (non-hydrogen) atoms. The minimum atomic E-state index is 0.580. The number of hydrogen-bond donors (Lipinski definition) is 0. The maximum absolute atomic E-state index is 4.01. The number of hydrogen-bond acceptors (Lipinski definition) is 1. The summed E-state index contributed by atoms with van der Waals surface area (Å²) in [6.07, 6.45) is 4.72. The maximum atomic E-state index is 4.01. The van der Waals surface area contributed by atoms with E-state index in [1.807, 2.05) is 11.8 Å². The van der Waals surface area contributed by atoms with Crippen molar-refractivity contribution in [2.75, 3.05) is 5.75 Å². The molecule has 0 radical (unpaired) electrons. The van der Waals surface area contributed by atoms with Crippen LogP contribution >= 0.6 is 11.8 Å². The number of thioether (sulfide) groups is 1. The van der Waals surface area contributed by atoms with Crippen molar-refractivity contribution < 1.29 is 0 Å². The molecule has 0 bridgehead atoms. The molecule has 0 aliphatic heterocycles. The van der Waals surface area contributed by atoms with Crippen LogP contribution in [0.15, 0.2) is 24.3 Å². The van der Waals surface area contributed by atoms with Gasteiger partial charge in [-0.25, -0.2) is 0 Å². The average molecular weight is 303 g/mol. The van der Waals surface area contributed by atoms with E-state index in [0.717, 1.165) is 12.8 Å². The summed E-state index contributed by atoms with van der Waals surface area (Å²) in [4.78, 5) is 0. The van der Waals surface area contributed by atoms with E-state index in [4.69, 9.17) is 0 Å². The van der Waals surface area contributed by atoms with Crippen molar-refractivity contribution in [1.82, 2.24) is 0 Å². The third-order valence-electron chi connectivity index (χ3n) is 2.27. The SMILES string of the molecule is C=C(C)CC(CC(=C)C)C(=[Se])SCCCC. The first kappa shape index (κ1) is 16.2. The third-order valence-corrected chi connectivity index (χ3v) is 4.82. The standard InChI is InChI=1S/C14H24SSe/c1-6-7-8-15-14(16)13(9-11(2)3)10-12(4)5/h13H,2,4,6-10H2,1,3,5H3. The molecule has 0 amide bonds. The zero-order valence-corrected chi connectivity index (χ0v) is 13.4. The fraction of sp³-hybridized carbons (Fsp3) is 0.643. The Balaban J connectivity index is 4.20. The number of rotatable bonds is 9. The molecule has 0 fully saturated rings. The van der Waals surface area contributed by atoms with Crippen molar-refractivity contribution >= 4 is 31.1 Å². The Hall–Kier alpha value is 0.219. The Morgan fingerprint density at radius 3 is 2.06 bits per heavy atom. The van der Waals surface area contributed by atoms with Gasteiger partial charge >= 0.3 is 114 Å². The van der Waals surface area contributed by atoms with Crippen LogP contribution in [0.1, 0.15) is 46.5 Å². The molecule has 0 saturated carbocycles. The van der Waals surface area contributed by atoms with Gasteiger partial charge in [-0.15, -0.1) is 0 Å². The molecule has 0 heterocycles. The molecule has 0 aliphatic rings. The summed E-state index contributed by atoms with van der Waals surface area (Å²) in [5, 5.41) is 0. The van der Waals surface area contributed by atoms with Crippen molar-refractivity contribution in [2.24, 2.45) is 5.92 Å². The Kier molecular flexibility index (Phi) is 9.40. The molecular formula is C14H24SSe. The van der Waals surface area contributed by atoms with Crippen LogP contribution in [0.4, 0.5) is 0 Å². The predicted molar refractivity (Wildman–Crippen MR) is 80.5 cm³/mol. The molecular weight excluding hydrogens is 279 g/mol. The van der Waals surface area contributed by atoms with Crippen LogP contribution in [0, 0.1) is 5.92 Å². The van der Waals surface area contributed by atoms with Gasteiger partial charge in [-0.2, -0.15) is 0 Å². The molecule has 2 heteroatoms. The Labute approximate surface area is 113 Å². The van der Waals surface area contributed by atoms with Crippen molar-refractivity contribution in [3.05, 3.63) is 24.3 Å². The second-order valence-electron chi connectivity index (χ2n) is 4.54. The van der Waals surface area contributed by atoms with Crippen molar-refractivity contribution in [3.8, 4) is 0 Å². The van der Waals surface area contributed by atoms with E-state index in [1.165, 1.54) is 33.5 Å². The molecule has 0 aromatic heterocycles. The summed E-state index contributed by atoms with van der Waals surface area (Å²) in [7, 11) is 0. The van der Waals surface area contributed by atoms with E-state index < -0.39 is 0 Å². The van der Waals surface area contributed by atoms with Crippen molar-refractivity contribution in [1.29, 1.82) is 0 Å². The molecule has 0 spiro atoms. The molecule has 0 aliphatic carbocycles. The molecule has 0 atom stereocenters. The molecule has 0 saturated heterocycles. The van der Waals surface area contributed by atoms with Gasteiger partial charge in [0.1, 0.15) is 0 Å². The Morgan fingerprint density at radius 1 is 1.19 bits per heavy atom. The van der Waals surface area contributed by atoms with Gasteiger partial charge < -0.3 is 0 Å². The van der Waals surface area contributed by atoms with Gasteiger partial charge in [0.05, 0.1) is 0 Å². The zero-order valence-electron chi connectivity index (χ0n) is 10.8. The summed E-state index contributed by atoms with van der Waals surface area (Å²) < 4.78 is 1.43. The average Bonchev–Trinajstić information content (AvgIpc) is 2.15. The molecule has 0 aromatic carbocycles. The van der Waals surface area contributed by atoms with Crippen LogP contribution < -0.4 is 0 Å². The van der Waals surface area contributed by atoms with Gasteiger partial charge in [0, 0.05) is 0 Å². The van der Waals surface area contributed by atoms with E-state index >= 15 is 0 Å². The van der Waals surface area contributed by atoms with Gasteiger partial charge in [0.25, 0.3) is 0 Å². The predicted octanol–water partition coefficient (Wildman–Crippen LogP) is 4.37. The van der Waals surface area contributed by atoms with Gasteiger partial charge in [-0.05, 0) is 0 Å². The minimum absolute atomic E-state index is 0.580. The van der Waals surface area contributed by atoms with E-state index in [0.29, 0.717) is 5.92 Å². The van der Waals surface area contributed by atoms with E-state index in [1.54, 1.807) is 0 Å². The Bertz CT molecular complexity index is 239. The van der Waals surface area contributed by atoms with Gasteiger partial charge in [0.2, 0.25) is 0 Å². The number of allylic oxidation sites excluding steroid dienone is 2. The third kappa shape index (κ3) is 8.38. The van der Waals surface area contributed by atoms with Gasteiger partial charge in [-0.1, -0.05) is 0 Å². The molecule has 0 nitrogen and oxygen atoms in total. The van der Waals surface area contributed by atoms with Crippen LogP contribution in [0.25, 0.3) is 0 Å². The first-order valence-corrected chi connectivity index (χ1v) is 7.77. The van der Waals surface area contributed by atoms with Crippen molar-refractivity contribution in [3.63, 3.8) is 0 Å². The fourth-order valence-electron chi connectivity index (χ4n) is 1.52. The monoisotopic (exact) mass is 304 g/mol. The summed E-state index contributed by atoms with van der Waals surface area (Å²) in [6.45, 7) is 14.5. The van der Waals surface area contributed by atoms with E-state index in [-0.39, 0.29) is 0 Å². The normalized spacial score (nSPS) is 10.5. The van der Waals surface area contributed by atoms with E-state index in [2.05, 4.69) is 49.5 Å². The summed E-state index contributed by atoms with van der Waals surface area (Å²) >= 11 is 5.22. The zero-order chi connectivity index (χ0) is 12.6. The first-order valence-electron chi connectivity index (χ1n) is 5.92. The van der Waals surface area contributed by atoms with Crippen LogP contribution in [-0.4, -0.2) is 25.1 Å². The fourth-order valence-corrected chi connectivity index (χ4v) is 3.43. The van der Waals surface area contributed by atoms with Gasteiger partial charge in [0.15, 0.2) is 0 Å². The first-order chi connectivity index (χ1) is 7.47. The second kappa shape index (κ2) is 9.27. The molecule has 0 aromatic rings. The molecule has 0 rings (SSSR count). The van der Waals surface area contributed by atoms with E-state index in [9.17, 15) is 0 Å². The summed E-state index contributed by atoms with van der Waals surface area (Å²) in [5.74, 6) is 1.80. The topological polar surface area (TPSA) is 0 Å². The van der Waals surface area contributed by atoms with Crippen LogP contribution in [-0.2, 0) is 0 Å². The van der Waals surface area contributed by atoms with Crippen LogP contribution in [0.2, 0.25) is 0 Å². The Morgan fingerprint density at radius 2 is 1.69 bits per heavy atom. The summed E-state index contributed by atoms with van der Waals surface area (Å²) in [6, 6.07) is 0. The van der Waals surface area contributed by atoms with Crippen LogP contribution in [0.5, 0.6) is 0 Å².